The van der Waals surface area contributed by atoms with Gasteiger partial charge in [-0.1, -0.05) is 0 Å². The maximum absolute atomic E-state index is 12.2. The van der Waals surface area contributed by atoms with E-state index >= 15 is 0 Å². The van der Waals surface area contributed by atoms with Crippen molar-refractivity contribution in [3.05, 3.63) is 18.0 Å². The molecule has 0 aromatic carbocycles. The van der Waals surface area contributed by atoms with Crippen LogP contribution in [0.3, 0.4) is 0 Å². The molecule has 1 fully saturated rings. The van der Waals surface area contributed by atoms with E-state index < -0.39 is 0 Å². The Kier molecular flexibility index (Phi) is 8.06. The number of nitrogens with one attached hydrogen (secondary N) is 1. The summed E-state index contributed by atoms with van der Waals surface area (Å²) in [5.74, 6) is 0.217. The summed E-state index contributed by atoms with van der Waals surface area (Å²) in [5, 5.41) is 7.37. The summed E-state index contributed by atoms with van der Waals surface area (Å²) in [6.45, 7) is 4.37. The Hall–Kier alpha value is -0.780. The van der Waals surface area contributed by atoms with E-state index in [4.69, 9.17) is 0 Å². The van der Waals surface area contributed by atoms with Crippen LogP contribution in [-0.4, -0.2) is 39.7 Å². The first kappa shape index (κ1) is 18.2. The molecular formula is C12H22Cl2N4O. The second kappa shape index (κ2) is 8.40. The molecule has 2 heterocycles. The Morgan fingerprint density at radius 3 is 2.79 bits per heavy atom. The zero-order valence-electron chi connectivity index (χ0n) is 11.3. The molecule has 1 atom stereocenters. The van der Waals surface area contributed by atoms with Crippen molar-refractivity contribution in [2.75, 3.05) is 13.1 Å². The number of hydrogen-bond donors (Lipinski definition) is 1. The van der Waals surface area contributed by atoms with Crippen LogP contribution in [0.2, 0.25) is 0 Å². The van der Waals surface area contributed by atoms with Gasteiger partial charge in [-0.25, -0.2) is 0 Å². The van der Waals surface area contributed by atoms with E-state index in [0.29, 0.717) is 6.54 Å². The quantitative estimate of drug-likeness (QED) is 0.914. The Labute approximate surface area is 126 Å². The fourth-order valence-corrected chi connectivity index (χ4v) is 2.24. The van der Waals surface area contributed by atoms with Crippen molar-refractivity contribution in [1.29, 1.82) is 0 Å². The van der Waals surface area contributed by atoms with Crippen LogP contribution in [-0.2, 0) is 18.4 Å². The fraction of sp³-hybridized carbons (Fsp3) is 0.667. The molecule has 1 aromatic heterocycles. The Bertz CT molecular complexity index is 391. The average Bonchev–Trinajstić information content (AvgIpc) is 2.96. The van der Waals surface area contributed by atoms with Gasteiger partial charge in [0.15, 0.2) is 0 Å². The summed E-state index contributed by atoms with van der Waals surface area (Å²) in [6.07, 6.45) is 5.83. The molecule has 7 heteroatoms. The van der Waals surface area contributed by atoms with Gasteiger partial charge in [-0.3, -0.25) is 9.48 Å². The van der Waals surface area contributed by atoms with Crippen LogP contribution in [0.5, 0.6) is 0 Å². The van der Waals surface area contributed by atoms with E-state index in [1.165, 1.54) is 0 Å². The van der Waals surface area contributed by atoms with Gasteiger partial charge in [0, 0.05) is 31.9 Å². The third-order valence-electron chi connectivity index (χ3n) is 3.18. The molecule has 1 aromatic rings. The molecular weight excluding hydrogens is 287 g/mol. The van der Waals surface area contributed by atoms with E-state index in [1.54, 1.807) is 4.68 Å². The molecule has 0 spiro atoms. The first-order chi connectivity index (χ1) is 8.20. The topological polar surface area (TPSA) is 50.2 Å². The summed E-state index contributed by atoms with van der Waals surface area (Å²) in [4.78, 5) is 14.1. The molecule has 0 bridgehead atoms. The molecule has 0 aliphatic carbocycles. The van der Waals surface area contributed by atoms with Crippen LogP contribution in [0, 0.1) is 0 Å². The smallest absolute Gasteiger partial charge is 0.239 e. The number of carbonyl (C=O) groups excluding carboxylic acids is 1. The van der Waals surface area contributed by atoms with Crippen LogP contribution in [0.1, 0.15) is 25.3 Å². The van der Waals surface area contributed by atoms with Crippen molar-refractivity contribution in [3.63, 3.8) is 0 Å². The number of nitrogens with zero attached hydrogens (tertiary/aromatic N) is 3. The lowest BCUT2D eigenvalue weighted by atomic mass is 10.2. The highest BCUT2D eigenvalue weighted by Crippen LogP contribution is 2.11. The first-order valence-electron chi connectivity index (χ1n) is 6.20. The summed E-state index contributed by atoms with van der Waals surface area (Å²) in [7, 11) is 1.89. The van der Waals surface area contributed by atoms with Crippen molar-refractivity contribution in [1.82, 2.24) is 20.0 Å². The largest absolute Gasteiger partial charge is 0.337 e. The first-order valence-corrected chi connectivity index (χ1v) is 6.20. The zero-order chi connectivity index (χ0) is 12.3. The summed E-state index contributed by atoms with van der Waals surface area (Å²) in [5.41, 5.74) is 1.08. The lowest BCUT2D eigenvalue weighted by molar-refractivity contribution is -0.133. The number of carbonyl (C=O) groups is 1. The highest BCUT2D eigenvalue weighted by atomic mass is 35.5. The Morgan fingerprint density at radius 1 is 1.58 bits per heavy atom. The number of rotatable bonds is 4. The fourth-order valence-electron chi connectivity index (χ4n) is 2.24. The second-order valence-corrected chi connectivity index (χ2v) is 4.52. The van der Waals surface area contributed by atoms with Gasteiger partial charge in [0.1, 0.15) is 0 Å². The lowest BCUT2D eigenvalue weighted by Gasteiger charge is -2.23. The van der Waals surface area contributed by atoms with E-state index in [-0.39, 0.29) is 36.8 Å². The Morgan fingerprint density at radius 2 is 2.32 bits per heavy atom. The number of amides is 1. The maximum atomic E-state index is 12.2. The van der Waals surface area contributed by atoms with Crippen molar-refractivity contribution in [2.45, 2.75) is 32.4 Å². The third-order valence-corrected chi connectivity index (χ3v) is 3.18. The van der Waals surface area contributed by atoms with Crippen LogP contribution < -0.4 is 5.32 Å². The highest BCUT2D eigenvalue weighted by Gasteiger charge is 2.26. The third kappa shape index (κ3) is 4.67. The van der Waals surface area contributed by atoms with Crippen molar-refractivity contribution < 1.29 is 4.79 Å². The van der Waals surface area contributed by atoms with Crippen LogP contribution >= 0.6 is 24.8 Å². The average molecular weight is 309 g/mol. The standard InChI is InChI=1S/C12H20N4O.2ClH/c1-3-16(9-10-7-14-15(2)8-10)12(17)11-5-4-6-13-11;;/h7-8,11,13H,3-6,9H2,1-2H3;2*1H/t11-;;/m0../s1. The molecule has 110 valence electrons. The van der Waals surface area contributed by atoms with Gasteiger partial charge < -0.3 is 10.2 Å². The van der Waals surface area contributed by atoms with Crippen LogP contribution in [0.15, 0.2) is 12.4 Å². The predicted molar refractivity (Wildman–Crippen MR) is 79.8 cm³/mol. The van der Waals surface area contributed by atoms with E-state index in [1.807, 2.05) is 31.3 Å². The molecule has 5 nitrogen and oxygen atoms in total. The minimum atomic E-state index is 0. The van der Waals surface area contributed by atoms with Crippen LogP contribution in [0.25, 0.3) is 0 Å². The maximum Gasteiger partial charge on any atom is 0.239 e. The number of hydrogen-bond acceptors (Lipinski definition) is 3. The monoisotopic (exact) mass is 308 g/mol. The molecule has 2 rings (SSSR count). The second-order valence-electron chi connectivity index (χ2n) is 4.52. The van der Waals surface area contributed by atoms with Crippen molar-refractivity contribution >= 4 is 30.7 Å². The minimum Gasteiger partial charge on any atom is -0.337 e. The number of aromatic nitrogens is 2. The number of halogens is 2. The SMILES string of the molecule is CCN(Cc1cnn(C)c1)C(=O)[C@@H]1CCCN1.Cl.Cl. The van der Waals surface area contributed by atoms with E-state index in [2.05, 4.69) is 10.4 Å². The number of likely N-dealkylation sites (N-methyl/N-ethyl adjacent to an activating group) is 1. The highest BCUT2D eigenvalue weighted by molar-refractivity contribution is 5.85. The molecule has 1 aliphatic rings. The van der Waals surface area contributed by atoms with Gasteiger partial charge >= 0.3 is 0 Å². The molecule has 1 aliphatic heterocycles. The predicted octanol–water partition coefficient (Wildman–Crippen LogP) is 1.36. The van der Waals surface area contributed by atoms with E-state index in [0.717, 1.165) is 31.5 Å². The molecule has 0 saturated carbocycles. The van der Waals surface area contributed by atoms with Gasteiger partial charge in [0.25, 0.3) is 0 Å². The normalized spacial score (nSPS) is 17.5. The van der Waals surface area contributed by atoms with Gasteiger partial charge in [-0.05, 0) is 26.3 Å². The molecule has 1 N–H and O–H groups in total. The van der Waals surface area contributed by atoms with E-state index in [9.17, 15) is 4.79 Å². The summed E-state index contributed by atoms with van der Waals surface area (Å²) >= 11 is 0. The van der Waals surface area contributed by atoms with Crippen LogP contribution in [0.4, 0.5) is 0 Å². The Balaban J connectivity index is 0.00000162. The zero-order valence-corrected chi connectivity index (χ0v) is 13.0. The number of aryl methyl sites for hydroxylation is 1. The van der Waals surface area contributed by atoms with Gasteiger partial charge in [0.05, 0.1) is 12.2 Å². The van der Waals surface area contributed by atoms with Gasteiger partial charge in [0.2, 0.25) is 5.91 Å². The molecule has 1 amide bonds. The molecule has 1 saturated heterocycles. The molecule has 0 unspecified atom stereocenters. The minimum absolute atomic E-state index is 0. The lowest BCUT2D eigenvalue weighted by Crippen LogP contribution is -2.43. The van der Waals surface area contributed by atoms with Gasteiger partial charge in [-0.15, -0.1) is 24.8 Å². The molecule has 19 heavy (non-hydrogen) atoms. The summed E-state index contributed by atoms with van der Waals surface area (Å²) < 4.78 is 1.77. The van der Waals surface area contributed by atoms with Gasteiger partial charge in [-0.2, -0.15) is 5.10 Å². The van der Waals surface area contributed by atoms with Crippen molar-refractivity contribution in [3.8, 4) is 0 Å². The molecule has 0 radical (unpaired) electrons. The van der Waals surface area contributed by atoms with Crippen molar-refractivity contribution in [2.24, 2.45) is 7.05 Å². The summed E-state index contributed by atoms with van der Waals surface area (Å²) in [6, 6.07) is 0.0200.